The second-order valence-corrected chi connectivity index (χ2v) is 8.00. The van der Waals surface area contributed by atoms with Gasteiger partial charge in [-0.15, -0.1) is 0 Å². The Morgan fingerprint density at radius 1 is 1.29 bits per heavy atom. The Morgan fingerprint density at radius 2 is 2.04 bits per heavy atom. The predicted molar refractivity (Wildman–Crippen MR) is 94.3 cm³/mol. The first-order chi connectivity index (χ1) is 11.4. The lowest BCUT2D eigenvalue weighted by Crippen LogP contribution is -2.42. The molecule has 2 fully saturated rings. The van der Waals surface area contributed by atoms with Crippen LogP contribution in [0.25, 0.3) is 0 Å². The number of methoxy groups -OCH3 is 1. The highest BCUT2D eigenvalue weighted by Crippen LogP contribution is 2.48. The highest BCUT2D eigenvalue weighted by atomic mass is 16.7. The molecule has 5 heteroatoms. The number of rotatable bonds is 7. The fraction of sp³-hybridized carbons (Fsp3) is 1.00. The van der Waals surface area contributed by atoms with E-state index < -0.39 is 12.1 Å². The van der Waals surface area contributed by atoms with Gasteiger partial charge in [-0.2, -0.15) is 0 Å². The zero-order chi connectivity index (χ0) is 17.7. The second-order valence-electron chi connectivity index (χ2n) is 8.00. The minimum absolute atomic E-state index is 0.110. The van der Waals surface area contributed by atoms with Crippen molar-refractivity contribution in [1.29, 1.82) is 0 Å². The molecule has 0 aromatic heterocycles. The third-order valence-corrected chi connectivity index (χ3v) is 6.49. The number of hydrogen-bond donors (Lipinski definition) is 2. The summed E-state index contributed by atoms with van der Waals surface area (Å²) in [5.74, 6) is 1.88. The van der Waals surface area contributed by atoms with Gasteiger partial charge in [0, 0.05) is 19.4 Å². The van der Waals surface area contributed by atoms with Gasteiger partial charge in [-0.05, 0) is 56.4 Å². The summed E-state index contributed by atoms with van der Waals surface area (Å²) in [6.07, 6.45) is 4.48. The van der Waals surface area contributed by atoms with E-state index >= 15 is 0 Å². The number of aliphatic hydroxyl groups is 1. The smallest absolute Gasteiger partial charge is 0.165 e. The summed E-state index contributed by atoms with van der Waals surface area (Å²) in [6, 6.07) is 0. The minimum Gasteiger partial charge on any atom is -0.368 e. The molecule has 7 atom stereocenters. The van der Waals surface area contributed by atoms with Crippen LogP contribution < -0.4 is 5.73 Å². The monoisotopic (exact) mass is 343 g/mol. The molecule has 0 amide bonds. The first-order valence-corrected chi connectivity index (χ1v) is 9.60. The van der Waals surface area contributed by atoms with Crippen LogP contribution in [0.3, 0.4) is 0 Å². The summed E-state index contributed by atoms with van der Waals surface area (Å²) in [6.45, 7) is 8.35. The van der Waals surface area contributed by atoms with Crippen LogP contribution in [-0.2, 0) is 14.2 Å². The van der Waals surface area contributed by atoms with Crippen LogP contribution in [-0.4, -0.2) is 44.1 Å². The summed E-state index contributed by atoms with van der Waals surface area (Å²) in [5, 5.41) is 10.4. The average Bonchev–Trinajstić information content (AvgIpc) is 2.76. The van der Waals surface area contributed by atoms with E-state index in [-0.39, 0.29) is 5.92 Å². The Balaban J connectivity index is 2.04. The van der Waals surface area contributed by atoms with Crippen molar-refractivity contribution in [3.8, 4) is 0 Å². The summed E-state index contributed by atoms with van der Waals surface area (Å²) in [5.41, 5.74) is 5.50. The standard InChI is InChI=1S/C19H37NO4/c1-13-6-7-16(14(2)18(21)23-11-5-10-20)17-12-24-19(3,22-4)9-8-15(13)17/h13-18,21H,5-12,20H2,1-4H3. The fourth-order valence-corrected chi connectivity index (χ4v) is 4.61. The molecule has 0 bridgehead atoms. The molecule has 3 N–H and O–H groups in total. The number of hydrogen-bond acceptors (Lipinski definition) is 5. The largest absolute Gasteiger partial charge is 0.368 e. The van der Waals surface area contributed by atoms with Gasteiger partial charge in [-0.25, -0.2) is 0 Å². The van der Waals surface area contributed by atoms with E-state index in [1.165, 1.54) is 6.42 Å². The molecule has 1 heterocycles. The van der Waals surface area contributed by atoms with Gasteiger partial charge in [0.15, 0.2) is 12.1 Å². The van der Waals surface area contributed by atoms with E-state index in [0.29, 0.717) is 43.4 Å². The van der Waals surface area contributed by atoms with E-state index in [2.05, 4.69) is 13.8 Å². The van der Waals surface area contributed by atoms with Gasteiger partial charge >= 0.3 is 0 Å². The maximum absolute atomic E-state index is 10.4. The second kappa shape index (κ2) is 8.95. The average molecular weight is 344 g/mol. The van der Waals surface area contributed by atoms with Gasteiger partial charge in [0.2, 0.25) is 0 Å². The molecule has 0 radical (unpaired) electrons. The molecule has 2 aliphatic rings. The molecule has 7 unspecified atom stereocenters. The zero-order valence-electron chi connectivity index (χ0n) is 15.9. The number of nitrogens with two attached hydrogens (primary N) is 1. The molecule has 142 valence electrons. The van der Waals surface area contributed by atoms with Crippen LogP contribution in [0.1, 0.15) is 52.9 Å². The predicted octanol–water partition coefficient (Wildman–Crippen LogP) is 2.76. The lowest BCUT2D eigenvalue weighted by molar-refractivity contribution is -0.218. The number of ether oxygens (including phenoxy) is 3. The van der Waals surface area contributed by atoms with E-state index in [4.69, 9.17) is 19.9 Å². The Kier molecular flexibility index (Phi) is 7.50. The minimum atomic E-state index is -0.715. The van der Waals surface area contributed by atoms with Crippen LogP contribution >= 0.6 is 0 Å². The number of fused-ring (bicyclic) bond motifs is 1. The number of aliphatic hydroxyl groups excluding tert-OH is 1. The molecule has 1 saturated carbocycles. The van der Waals surface area contributed by atoms with Crippen molar-refractivity contribution in [2.45, 2.75) is 65.0 Å². The van der Waals surface area contributed by atoms with Crippen LogP contribution in [0.15, 0.2) is 0 Å². The quantitative estimate of drug-likeness (QED) is 0.549. The molecule has 24 heavy (non-hydrogen) atoms. The topological polar surface area (TPSA) is 73.9 Å². The van der Waals surface area contributed by atoms with Crippen LogP contribution in [0, 0.1) is 29.6 Å². The Bertz CT molecular complexity index is 380. The summed E-state index contributed by atoms with van der Waals surface area (Å²) < 4.78 is 17.4. The highest BCUT2D eigenvalue weighted by molar-refractivity contribution is 4.91. The van der Waals surface area contributed by atoms with Gasteiger partial charge < -0.3 is 25.1 Å². The van der Waals surface area contributed by atoms with Crippen molar-refractivity contribution in [3.05, 3.63) is 0 Å². The van der Waals surface area contributed by atoms with Crippen molar-refractivity contribution in [2.75, 3.05) is 26.9 Å². The molecule has 5 nitrogen and oxygen atoms in total. The first kappa shape index (κ1) is 20.1. The summed E-state index contributed by atoms with van der Waals surface area (Å²) in [4.78, 5) is 0. The van der Waals surface area contributed by atoms with Gasteiger partial charge in [-0.3, -0.25) is 0 Å². The van der Waals surface area contributed by atoms with Gasteiger partial charge in [0.25, 0.3) is 0 Å². The summed E-state index contributed by atoms with van der Waals surface area (Å²) in [7, 11) is 1.73. The molecule has 1 aliphatic carbocycles. The van der Waals surface area contributed by atoms with Gasteiger partial charge in [0.05, 0.1) is 13.2 Å². The Morgan fingerprint density at radius 3 is 2.71 bits per heavy atom. The SMILES string of the molecule is COC1(C)CCC2C(C)CCC(C(C)C(O)OCCCN)C2CO1. The molecule has 1 aliphatic heterocycles. The van der Waals surface area contributed by atoms with E-state index in [1.54, 1.807) is 7.11 Å². The molecule has 0 aromatic rings. The van der Waals surface area contributed by atoms with Crippen LogP contribution in [0.4, 0.5) is 0 Å². The molecular formula is C19H37NO4. The Hall–Kier alpha value is -0.200. The van der Waals surface area contributed by atoms with Gasteiger partial charge in [-0.1, -0.05) is 20.3 Å². The molecule has 0 spiro atoms. The molecular weight excluding hydrogens is 306 g/mol. The van der Waals surface area contributed by atoms with Crippen molar-refractivity contribution in [3.63, 3.8) is 0 Å². The maximum Gasteiger partial charge on any atom is 0.165 e. The zero-order valence-corrected chi connectivity index (χ0v) is 15.9. The first-order valence-electron chi connectivity index (χ1n) is 9.60. The van der Waals surface area contributed by atoms with E-state index in [0.717, 1.165) is 25.7 Å². The maximum atomic E-state index is 10.4. The Labute approximate surface area is 147 Å². The summed E-state index contributed by atoms with van der Waals surface area (Å²) >= 11 is 0. The van der Waals surface area contributed by atoms with Crippen LogP contribution in [0.5, 0.6) is 0 Å². The molecule has 1 saturated heterocycles. The highest BCUT2D eigenvalue weighted by Gasteiger charge is 2.45. The third-order valence-electron chi connectivity index (χ3n) is 6.49. The van der Waals surface area contributed by atoms with Crippen molar-refractivity contribution >= 4 is 0 Å². The van der Waals surface area contributed by atoms with E-state index in [9.17, 15) is 5.11 Å². The van der Waals surface area contributed by atoms with E-state index in [1.807, 2.05) is 6.92 Å². The van der Waals surface area contributed by atoms with Crippen molar-refractivity contribution in [1.82, 2.24) is 0 Å². The lowest BCUT2D eigenvalue weighted by atomic mass is 9.62. The van der Waals surface area contributed by atoms with Crippen molar-refractivity contribution in [2.24, 2.45) is 35.3 Å². The van der Waals surface area contributed by atoms with Crippen molar-refractivity contribution < 1.29 is 19.3 Å². The fourth-order valence-electron chi connectivity index (χ4n) is 4.61. The van der Waals surface area contributed by atoms with Gasteiger partial charge in [0.1, 0.15) is 0 Å². The van der Waals surface area contributed by atoms with Crippen LogP contribution in [0.2, 0.25) is 0 Å². The normalized spacial score (nSPS) is 39.8. The molecule has 0 aromatic carbocycles. The molecule has 2 rings (SSSR count). The third kappa shape index (κ3) is 4.70. The lowest BCUT2D eigenvalue weighted by Gasteiger charge is -2.44.